The van der Waals surface area contributed by atoms with Gasteiger partial charge in [0.25, 0.3) is 0 Å². The molecule has 146 valence electrons. The minimum absolute atomic E-state index is 0.268. The van der Waals surface area contributed by atoms with Gasteiger partial charge in [-0.2, -0.15) is 0 Å². The summed E-state index contributed by atoms with van der Waals surface area (Å²) in [6, 6.07) is 10.8. The lowest BCUT2D eigenvalue weighted by Gasteiger charge is -2.41. The maximum atomic E-state index is 5.64. The molecule has 0 unspecified atom stereocenters. The van der Waals surface area contributed by atoms with E-state index in [1.54, 1.807) is 21.3 Å². The molecular weight excluding hydrogens is 350 g/mol. The first-order chi connectivity index (χ1) is 13.6. The van der Waals surface area contributed by atoms with Crippen LogP contribution >= 0.6 is 0 Å². The molecule has 1 atom stereocenters. The largest absolute Gasteiger partial charge is 0.497 e. The Hall–Kier alpha value is -2.46. The maximum Gasteiger partial charge on any atom is 0.161 e. The molecule has 28 heavy (non-hydrogen) atoms. The standard InChI is InChI=1S/C24H27NO3/c1-24-8-5-9-25(24)14-21-19-12-23(28-4)22(27-3)11-18(19)17-10-15(26-2)6-7-16(17)20(21)13-24/h6-7,10-12H,5,8-9,13-14H2,1-4H3/t24-/m0/s1. The SMILES string of the molecule is COc1ccc2c3c(c4cc(OC)c(OC)cc4c2c1)CN1CCC[C@@]1(C)C3. The predicted molar refractivity (Wildman–Crippen MR) is 113 cm³/mol. The van der Waals surface area contributed by atoms with Gasteiger partial charge in [-0.25, -0.2) is 0 Å². The Kier molecular flexibility index (Phi) is 3.95. The Balaban J connectivity index is 1.89. The molecule has 4 nitrogen and oxygen atoms in total. The van der Waals surface area contributed by atoms with Crippen LogP contribution in [0.1, 0.15) is 30.9 Å². The monoisotopic (exact) mass is 377 g/mol. The van der Waals surface area contributed by atoms with Crippen molar-refractivity contribution >= 4 is 21.5 Å². The van der Waals surface area contributed by atoms with Gasteiger partial charge in [-0.3, -0.25) is 4.90 Å². The van der Waals surface area contributed by atoms with E-state index >= 15 is 0 Å². The third kappa shape index (κ3) is 2.40. The fraction of sp³-hybridized carbons (Fsp3) is 0.417. The average molecular weight is 377 g/mol. The predicted octanol–water partition coefficient (Wildman–Crippen LogP) is 4.93. The Morgan fingerprint density at radius 1 is 0.821 bits per heavy atom. The number of rotatable bonds is 3. The number of nitrogens with zero attached hydrogens (tertiary/aromatic N) is 1. The topological polar surface area (TPSA) is 30.9 Å². The van der Waals surface area contributed by atoms with E-state index in [2.05, 4.69) is 42.2 Å². The highest BCUT2D eigenvalue weighted by Gasteiger charge is 2.41. The number of hydrogen-bond acceptors (Lipinski definition) is 4. The van der Waals surface area contributed by atoms with Crippen LogP contribution in [0.4, 0.5) is 0 Å². The summed E-state index contributed by atoms with van der Waals surface area (Å²) in [5, 5.41) is 5.03. The molecule has 0 N–H and O–H groups in total. The van der Waals surface area contributed by atoms with Gasteiger partial charge in [0.15, 0.2) is 11.5 Å². The lowest BCUT2D eigenvalue weighted by Crippen LogP contribution is -2.46. The van der Waals surface area contributed by atoms with Crippen LogP contribution in [0.3, 0.4) is 0 Å². The van der Waals surface area contributed by atoms with E-state index in [0.717, 1.165) is 30.2 Å². The zero-order valence-corrected chi connectivity index (χ0v) is 17.1. The van der Waals surface area contributed by atoms with E-state index in [9.17, 15) is 0 Å². The second-order valence-corrected chi connectivity index (χ2v) is 8.32. The molecule has 2 heterocycles. The van der Waals surface area contributed by atoms with Gasteiger partial charge in [0.1, 0.15) is 5.75 Å². The highest BCUT2D eigenvalue weighted by atomic mass is 16.5. The molecule has 0 saturated carbocycles. The van der Waals surface area contributed by atoms with Gasteiger partial charge >= 0.3 is 0 Å². The molecule has 0 amide bonds. The van der Waals surface area contributed by atoms with E-state index in [0.29, 0.717) is 0 Å². The second-order valence-electron chi connectivity index (χ2n) is 8.32. The smallest absolute Gasteiger partial charge is 0.161 e. The van der Waals surface area contributed by atoms with E-state index in [1.807, 2.05) is 0 Å². The first-order valence-electron chi connectivity index (χ1n) is 10.0. The molecule has 0 aromatic heterocycles. The van der Waals surface area contributed by atoms with E-state index in [4.69, 9.17) is 14.2 Å². The summed E-state index contributed by atoms with van der Waals surface area (Å²) in [4.78, 5) is 2.67. The van der Waals surface area contributed by atoms with Crippen LogP contribution in [-0.2, 0) is 13.0 Å². The molecule has 1 saturated heterocycles. The normalized spacial score (nSPS) is 21.6. The first kappa shape index (κ1) is 17.6. The van der Waals surface area contributed by atoms with Gasteiger partial charge < -0.3 is 14.2 Å². The molecule has 0 radical (unpaired) electrons. The molecule has 0 spiro atoms. The van der Waals surface area contributed by atoms with Crippen molar-refractivity contribution in [1.29, 1.82) is 0 Å². The summed E-state index contributed by atoms with van der Waals surface area (Å²) in [6.07, 6.45) is 3.65. The minimum atomic E-state index is 0.268. The molecule has 3 aromatic rings. The van der Waals surface area contributed by atoms with Crippen molar-refractivity contribution in [3.05, 3.63) is 41.5 Å². The Morgan fingerprint density at radius 2 is 1.54 bits per heavy atom. The van der Waals surface area contributed by atoms with Crippen molar-refractivity contribution in [3.8, 4) is 17.2 Å². The van der Waals surface area contributed by atoms with Gasteiger partial charge in [0.05, 0.1) is 21.3 Å². The zero-order chi connectivity index (χ0) is 19.5. The van der Waals surface area contributed by atoms with E-state index < -0.39 is 0 Å². The van der Waals surface area contributed by atoms with Crippen molar-refractivity contribution in [3.63, 3.8) is 0 Å². The number of methoxy groups -OCH3 is 3. The Bertz CT molecular complexity index is 1090. The van der Waals surface area contributed by atoms with Crippen molar-refractivity contribution < 1.29 is 14.2 Å². The molecule has 0 aliphatic carbocycles. The van der Waals surface area contributed by atoms with Gasteiger partial charge in [-0.1, -0.05) is 6.07 Å². The lowest BCUT2D eigenvalue weighted by atomic mass is 9.79. The average Bonchev–Trinajstić information content (AvgIpc) is 3.11. The van der Waals surface area contributed by atoms with Crippen LogP contribution in [0, 0.1) is 0 Å². The highest BCUT2D eigenvalue weighted by molar-refractivity contribution is 6.12. The molecule has 1 fully saturated rings. The van der Waals surface area contributed by atoms with Crippen molar-refractivity contribution in [1.82, 2.24) is 4.90 Å². The molecule has 4 heteroatoms. The molecule has 5 rings (SSSR count). The van der Waals surface area contributed by atoms with Crippen LogP contribution in [0.25, 0.3) is 21.5 Å². The summed E-state index contributed by atoms with van der Waals surface area (Å²) < 4.78 is 16.8. The summed E-state index contributed by atoms with van der Waals surface area (Å²) in [5.41, 5.74) is 3.19. The maximum absolute atomic E-state index is 5.64. The third-order valence-corrected chi connectivity index (χ3v) is 6.87. The van der Waals surface area contributed by atoms with Crippen molar-refractivity contribution in [2.45, 2.75) is 38.3 Å². The highest BCUT2D eigenvalue weighted by Crippen LogP contribution is 2.47. The van der Waals surface area contributed by atoms with Gasteiger partial charge in [0.2, 0.25) is 0 Å². The second kappa shape index (κ2) is 6.28. The Morgan fingerprint density at radius 3 is 2.25 bits per heavy atom. The van der Waals surface area contributed by atoms with Crippen LogP contribution in [0.5, 0.6) is 17.2 Å². The Labute approximate surface area is 166 Å². The van der Waals surface area contributed by atoms with Crippen LogP contribution in [0.15, 0.2) is 30.3 Å². The van der Waals surface area contributed by atoms with E-state index in [1.165, 1.54) is 52.1 Å². The molecular formula is C24H27NO3. The van der Waals surface area contributed by atoms with Gasteiger partial charge in [0, 0.05) is 12.1 Å². The quantitative estimate of drug-likeness (QED) is 0.606. The minimum Gasteiger partial charge on any atom is -0.497 e. The van der Waals surface area contributed by atoms with Crippen LogP contribution in [0.2, 0.25) is 0 Å². The summed E-state index contributed by atoms with van der Waals surface area (Å²) in [7, 11) is 5.13. The fourth-order valence-electron chi connectivity index (χ4n) is 5.32. The molecule has 2 aliphatic rings. The van der Waals surface area contributed by atoms with Crippen LogP contribution in [-0.4, -0.2) is 38.3 Å². The fourth-order valence-corrected chi connectivity index (χ4v) is 5.32. The summed E-state index contributed by atoms with van der Waals surface area (Å²) in [6.45, 7) is 4.61. The van der Waals surface area contributed by atoms with Crippen molar-refractivity contribution in [2.75, 3.05) is 27.9 Å². The van der Waals surface area contributed by atoms with Gasteiger partial charge in [-0.05, 0) is 89.7 Å². The van der Waals surface area contributed by atoms with Crippen molar-refractivity contribution in [2.24, 2.45) is 0 Å². The number of benzene rings is 3. The molecule has 0 bridgehead atoms. The molecule has 3 aromatic carbocycles. The molecule has 2 aliphatic heterocycles. The number of ether oxygens (including phenoxy) is 3. The van der Waals surface area contributed by atoms with E-state index in [-0.39, 0.29) is 5.54 Å². The number of fused-ring (bicyclic) bond motifs is 7. The van der Waals surface area contributed by atoms with Crippen LogP contribution < -0.4 is 14.2 Å². The first-order valence-corrected chi connectivity index (χ1v) is 10.0. The van der Waals surface area contributed by atoms with Gasteiger partial charge in [-0.15, -0.1) is 0 Å². The number of hydrogen-bond donors (Lipinski definition) is 0. The summed E-state index contributed by atoms with van der Waals surface area (Å²) in [5.74, 6) is 2.43. The lowest BCUT2D eigenvalue weighted by molar-refractivity contribution is 0.134. The zero-order valence-electron chi connectivity index (χ0n) is 17.1. The third-order valence-electron chi connectivity index (χ3n) is 6.87. The summed E-state index contributed by atoms with van der Waals surface area (Å²) >= 11 is 0.